The summed E-state index contributed by atoms with van der Waals surface area (Å²) in [7, 11) is 1.47. The highest BCUT2D eigenvalue weighted by Crippen LogP contribution is 2.03. The summed E-state index contributed by atoms with van der Waals surface area (Å²) in [6.07, 6.45) is -1.04. The fourth-order valence-corrected chi connectivity index (χ4v) is 0.918. The SMILES string of the molecule is C=C(C)C(=O)OCC(OC)OC(C)OCC. The first-order valence-electron chi connectivity index (χ1n) is 5.13. The molecule has 0 aliphatic heterocycles. The quantitative estimate of drug-likeness (QED) is 0.360. The second-order valence-electron chi connectivity index (χ2n) is 3.20. The van der Waals surface area contributed by atoms with E-state index in [-0.39, 0.29) is 6.61 Å². The molecule has 0 N–H and O–H groups in total. The van der Waals surface area contributed by atoms with Gasteiger partial charge in [0.1, 0.15) is 6.61 Å². The van der Waals surface area contributed by atoms with E-state index in [4.69, 9.17) is 18.9 Å². The van der Waals surface area contributed by atoms with Gasteiger partial charge in [-0.05, 0) is 20.8 Å². The van der Waals surface area contributed by atoms with Crippen LogP contribution in [0.25, 0.3) is 0 Å². The van der Waals surface area contributed by atoms with Crippen molar-refractivity contribution in [3.8, 4) is 0 Å². The molecular formula is C11H20O5. The molecule has 0 aromatic rings. The Morgan fingerprint density at radius 3 is 2.50 bits per heavy atom. The number of esters is 1. The molecule has 0 saturated carbocycles. The molecule has 2 atom stereocenters. The second-order valence-corrected chi connectivity index (χ2v) is 3.20. The molecule has 0 saturated heterocycles. The third-order valence-corrected chi connectivity index (χ3v) is 1.71. The number of rotatable bonds is 8. The van der Waals surface area contributed by atoms with Crippen molar-refractivity contribution in [1.29, 1.82) is 0 Å². The number of carbonyl (C=O) groups excluding carboxylic acids is 1. The maximum Gasteiger partial charge on any atom is 0.333 e. The molecule has 0 spiro atoms. The zero-order valence-electron chi connectivity index (χ0n) is 10.3. The van der Waals surface area contributed by atoms with Crippen LogP contribution in [0.5, 0.6) is 0 Å². The lowest BCUT2D eigenvalue weighted by atomic mass is 10.4. The van der Waals surface area contributed by atoms with Gasteiger partial charge >= 0.3 is 5.97 Å². The van der Waals surface area contributed by atoms with Crippen molar-refractivity contribution in [3.05, 3.63) is 12.2 Å². The Labute approximate surface area is 96.3 Å². The van der Waals surface area contributed by atoms with E-state index in [1.165, 1.54) is 7.11 Å². The van der Waals surface area contributed by atoms with Crippen molar-refractivity contribution in [2.45, 2.75) is 33.4 Å². The summed E-state index contributed by atoms with van der Waals surface area (Å²) >= 11 is 0. The summed E-state index contributed by atoms with van der Waals surface area (Å²) < 4.78 is 20.4. The van der Waals surface area contributed by atoms with Crippen LogP contribution in [0.15, 0.2) is 12.2 Å². The van der Waals surface area contributed by atoms with Crippen LogP contribution in [0.1, 0.15) is 20.8 Å². The van der Waals surface area contributed by atoms with Gasteiger partial charge in [-0.15, -0.1) is 0 Å². The normalized spacial score (nSPS) is 14.2. The average molecular weight is 232 g/mol. The van der Waals surface area contributed by atoms with E-state index in [0.717, 1.165) is 0 Å². The van der Waals surface area contributed by atoms with Crippen LogP contribution >= 0.6 is 0 Å². The van der Waals surface area contributed by atoms with E-state index < -0.39 is 18.5 Å². The Morgan fingerprint density at radius 1 is 1.44 bits per heavy atom. The Balaban J connectivity index is 3.91. The molecule has 0 aromatic heterocycles. The Hall–Kier alpha value is -0.910. The van der Waals surface area contributed by atoms with Gasteiger partial charge in [0.15, 0.2) is 12.6 Å². The zero-order chi connectivity index (χ0) is 12.6. The molecule has 16 heavy (non-hydrogen) atoms. The molecule has 5 heteroatoms. The monoisotopic (exact) mass is 232 g/mol. The second kappa shape index (κ2) is 8.27. The number of carbonyl (C=O) groups is 1. The predicted octanol–water partition coefficient (Wildman–Crippen LogP) is 1.48. The van der Waals surface area contributed by atoms with Crippen molar-refractivity contribution in [2.75, 3.05) is 20.3 Å². The van der Waals surface area contributed by atoms with E-state index in [0.29, 0.717) is 12.2 Å². The van der Waals surface area contributed by atoms with Crippen molar-refractivity contribution in [2.24, 2.45) is 0 Å². The number of hydrogen-bond donors (Lipinski definition) is 0. The molecule has 0 rings (SSSR count). The summed E-state index contributed by atoms with van der Waals surface area (Å²) in [6, 6.07) is 0. The molecule has 0 aliphatic carbocycles. The van der Waals surface area contributed by atoms with Gasteiger partial charge in [-0.2, -0.15) is 0 Å². The van der Waals surface area contributed by atoms with E-state index >= 15 is 0 Å². The van der Waals surface area contributed by atoms with Gasteiger partial charge in [0.05, 0.1) is 0 Å². The van der Waals surface area contributed by atoms with E-state index in [1.807, 2.05) is 6.92 Å². The summed E-state index contributed by atoms with van der Waals surface area (Å²) in [6.45, 7) is 9.21. The maximum atomic E-state index is 11.1. The zero-order valence-corrected chi connectivity index (χ0v) is 10.3. The van der Waals surface area contributed by atoms with Gasteiger partial charge in [0, 0.05) is 19.3 Å². The molecule has 0 amide bonds. The molecule has 0 aliphatic rings. The highest BCUT2D eigenvalue weighted by atomic mass is 16.8. The molecule has 0 fully saturated rings. The first-order chi connectivity index (χ1) is 7.51. The Kier molecular flexibility index (Phi) is 7.80. The lowest BCUT2D eigenvalue weighted by Gasteiger charge is -2.20. The molecule has 0 heterocycles. The molecule has 2 unspecified atom stereocenters. The Bertz CT molecular complexity index is 226. The first kappa shape index (κ1) is 15.1. The maximum absolute atomic E-state index is 11.1. The van der Waals surface area contributed by atoms with Crippen LogP contribution in [-0.2, 0) is 23.7 Å². The molecule has 5 nitrogen and oxygen atoms in total. The summed E-state index contributed by atoms with van der Waals surface area (Å²) in [5, 5.41) is 0. The highest BCUT2D eigenvalue weighted by Gasteiger charge is 2.15. The molecular weight excluding hydrogens is 212 g/mol. The molecule has 0 bridgehead atoms. The largest absolute Gasteiger partial charge is 0.457 e. The lowest BCUT2D eigenvalue weighted by Crippen LogP contribution is -2.29. The topological polar surface area (TPSA) is 54.0 Å². The predicted molar refractivity (Wildman–Crippen MR) is 58.7 cm³/mol. The Morgan fingerprint density at radius 2 is 2.06 bits per heavy atom. The fourth-order valence-electron chi connectivity index (χ4n) is 0.918. The van der Waals surface area contributed by atoms with Crippen molar-refractivity contribution >= 4 is 5.97 Å². The fraction of sp³-hybridized carbons (Fsp3) is 0.727. The molecule has 0 radical (unpaired) electrons. The van der Waals surface area contributed by atoms with Gasteiger partial charge in [-0.1, -0.05) is 6.58 Å². The molecule has 94 valence electrons. The van der Waals surface area contributed by atoms with Gasteiger partial charge in [0.25, 0.3) is 0 Å². The van der Waals surface area contributed by atoms with Crippen LogP contribution < -0.4 is 0 Å². The van der Waals surface area contributed by atoms with Crippen LogP contribution in [0.3, 0.4) is 0 Å². The lowest BCUT2D eigenvalue weighted by molar-refractivity contribution is -0.242. The smallest absolute Gasteiger partial charge is 0.333 e. The number of ether oxygens (including phenoxy) is 4. The van der Waals surface area contributed by atoms with Crippen LogP contribution in [0.4, 0.5) is 0 Å². The minimum Gasteiger partial charge on any atom is -0.457 e. The standard InChI is InChI=1S/C11H20O5/c1-6-14-9(4)16-10(13-5)7-15-11(12)8(2)3/h9-10H,2,6-7H2,1,3-5H3. The van der Waals surface area contributed by atoms with Gasteiger partial charge < -0.3 is 18.9 Å². The van der Waals surface area contributed by atoms with Gasteiger partial charge in [0.2, 0.25) is 0 Å². The van der Waals surface area contributed by atoms with E-state index in [9.17, 15) is 4.79 Å². The summed E-state index contributed by atoms with van der Waals surface area (Å²) in [5.74, 6) is -0.463. The van der Waals surface area contributed by atoms with Crippen molar-refractivity contribution in [1.82, 2.24) is 0 Å². The van der Waals surface area contributed by atoms with Gasteiger partial charge in [-0.25, -0.2) is 4.79 Å². The van der Waals surface area contributed by atoms with Crippen LogP contribution in [0, 0.1) is 0 Å². The number of hydrogen-bond acceptors (Lipinski definition) is 5. The minimum absolute atomic E-state index is 0.0135. The average Bonchev–Trinajstić information content (AvgIpc) is 2.23. The van der Waals surface area contributed by atoms with Crippen molar-refractivity contribution in [3.63, 3.8) is 0 Å². The van der Waals surface area contributed by atoms with Crippen LogP contribution in [0.2, 0.25) is 0 Å². The molecule has 0 aromatic carbocycles. The van der Waals surface area contributed by atoms with Crippen LogP contribution in [-0.4, -0.2) is 38.9 Å². The van der Waals surface area contributed by atoms with Crippen molar-refractivity contribution < 1.29 is 23.7 Å². The summed E-state index contributed by atoms with van der Waals surface area (Å²) in [5.41, 5.74) is 0.340. The van der Waals surface area contributed by atoms with Gasteiger partial charge in [-0.3, -0.25) is 0 Å². The number of methoxy groups -OCH3 is 1. The first-order valence-corrected chi connectivity index (χ1v) is 5.13. The third kappa shape index (κ3) is 6.55. The highest BCUT2D eigenvalue weighted by molar-refractivity contribution is 5.86. The van der Waals surface area contributed by atoms with E-state index in [2.05, 4.69) is 6.58 Å². The third-order valence-electron chi connectivity index (χ3n) is 1.71. The minimum atomic E-state index is -0.634. The van der Waals surface area contributed by atoms with E-state index in [1.54, 1.807) is 13.8 Å². The summed E-state index contributed by atoms with van der Waals surface area (Å²) in [4.78, 5) is 11.1.